The molecular formula is C16H26O. The molecule has 0 unspecified atom stereocenters. The molecule has 96 valence electrons. The van der Waals surface area contributed by atoms with Crippen LogP contribution in [0.4, 0.5) is 0 Å². The molecular weight excluding hydrogens is 208 g/mol. The van der Waals surface area contributed by atoms with Crippen LogP contribution < -0.4 is 4.74 Å². The first-order chi connectivity index (χ1) is 8.19. The van der Waals surface area contributed by atoms with Crippen LogP contribution in [0.25, 0.3) is 0 Å². The van der Waals surface area contributed by atoms with Gasteiger partial charge >= 0.3 is 0 Å². The first-order valence-electron chi connectivity index (χ1n) is 6.83. The van der Waals surface area contributed by atoms with Crippen molar-refractivity contribution < 1.29 is 4.74 Å². The minimum Gasteiger partial charge on any atom is -0.496 e. The molecule has 1 aromatic carbocycles. The second-order valence-electron chi connectivity index (χ2n) is 5.15. The molecule has 0 N–H and O–H groups in total. The normalized spacial score (nSPS) is 10.9. The largest absolute Gasteiger partial charge is 0.496 e. The van der Waals surface area contributed by atoms with E-state index in [1.54, 1.807) is 7.11 Å². The van der Waals surface area contributed by atoms with Crippen molar-refractivity contribution in [2.45, 2.75) is 52.9 Å². The minimum absolute atomic E-state index is 0.677. The average molecular weight is 234 g/mol. The fraction of sp³-hybridized carbons (Fsp3) is 0.625. The van der Waals surface area contributed by atoms with Gasteiger partial charge in [0, 0.05) is 0 Å². The predicted molar refractivity (Wildman–Crippen MR) is 74.8 cm³/mol. The summed E-state index contributed by atoms with van der Waals surface area (Å²) in [6.45, 7) is 6.78. The second-order valence-corrected chi connectivity index (χ2v) is 5.15. The van der Waals surface area contributed by atoms with E-state index in [0.717, 1.165) is 12.2 Å². The van der Waals surface area contributed by atoms with E-state index in [4.69, 9.17) is 4.74 Å². The quantitative estimate of drug-likeness (QED) is 0.625. The summed E-state index contributed by atoms with van der Waals surface area (Å²) in [5.41, 5.74) is 2.90. The van der Waals surface area contributed by atoms with Gasteiger partial charge in [0.05, 0.1) is 7.11 Å². The fourth-order valence-electron chi connectivity index (χ4n) is 2.24. The summed E-state index contributed by atoms with van der Waals surface area (Å²) in [6.07, 6.45) is 6.19. The maximum atomic E-state index is 5.49. The Morgan fingerprint density at radius 2 is 1.94 bits per heavy atom. The monoisotopic (exact) mass is 234 g/mol. The van der Waals surface area contributed by atoms with E-state index < -0.39 is 0 Å². The van der Waals surface area contributed by atoms with Crippen molar-refractivity contribution in [1.82, 2.24) is 0 Å². The van der Waals surface area contributed by atoms with Gasteiger partial charge in [-0.1, -0.05) is 45.7 Å². The van der Waals surface area contributed by atoms with Gasteiger partial charge in [0.2, 0.25) is 0 Å². The van der Waals surface area contributed by atoms with Gasteiger partial charge in [0.1, 0.15) is 5.75 Å². The van der Waals surface area contributed by atoms with Crippen LogP contribution in [0, 0.1) is 5.92 Å². The van der Waals surface area contributed by atoms with Crippen LogP contribution >= 0.6 is 0 Å². The molecule has 0 fully saturated rings. The highest BCUT2D eigenvalue weighted by molar-refractivity contribution is 5.40. The number of unbranched alkanes of at least 4 members (excludes halogenated alkanes) is 2. The van der Waals surface area contributed by atoms with Crippen LogP contribution in [0.5, 0.6) is 5.75 Å². The van der Waals surface area contributed by atoms with Crippen molar-refractivity contribution in [2.24, 2.45) is 5.92 Å². The molecule has 0 bridgehead atoms. The summed E-state index contributed by atoms with van der Waals surface area (Å²) in [4.78, 5) is 0. The molecule has 0 atom stereocenters. The lowest BCUT2D eigenvalue weighted by atomic mass is 9.94. The van der Waals surface area contributed by atoms with Gasteiger partial charge < -0.3 is 4.74 Å². The highest BCUT2D eigenvalue weighted by atomic mass is 16.5. The number of hydrogen-bond donors (Lipinski definition) is 0. The number of ether oxygens (including phenoxy) is 1. The van der Waals surface area contributed by atoms with Crippen LogP contribution in [0.2, 0.25) is 0 Å². The number of hydrogen-bond acceptors (Lipinski definition) is 1. The molecule has 1 nitrogen and oxygen atoms in total. The van der Waals surface area contributed by atoms with Crippen molar-refractivity contribution >= 4 is 0 Å². The molecule has 0 spiro atoms. The molecule has 0 heterocycles. The summed E-state index contributed by atoms with van der Waals surface area (Å²) in [7, 11) is 1.77. The number of benzene rings is 1. The van der Waals surface area contributed by atoms with Gasteiger partial charge in [-0.25, -0.2) is 0 Å². The van der Waals surface area contributed by atoms with Crippen molar-refractivity contribution in [1.29, 1.82) is 0 Å². The molecule has 1 aromatic rings. The molecule has 0 radical (unpaired) electrons. The number of aryl methyl sites for hydroxylation is 1. The molecule has 0 aliphatic rings. The second kappa shape index (κ2) is 7.37. The van der Waals surface area contributed by atoms with Gasteiger partial charge in [-0.2, -0.15) is 0 Å². The Morgan fingerprint density at radius 1 is 1.18 bits per heavy atom. The molecule has 0 aliphatic heterocycles. The predicted octanol–water partition coefficient (Wildman–Crippen LogP) is 4.63. The average Bonchev–Trinajstić information content (AvgIpc) is 2.30. The summed E-state index contributed by atoms with van der Waals surface area (Å²) < 4.78 is 5.49. The Kier molecular flexibility index (Phi) is 6.10. The standard InChI is InChI=1S/C16H26O/c1-5-6-7-9-14-10-8-11-16(17-4)15(14)12-13(2)3/h8,10-11,13H,5-7,9,12H2,1-4H3. The van der Waals surface area contributed by atoms with Crippen LogP contribution in [-0.4, -0.2) is 7.11 Å². The van der Waals surface area contributed by atoms with E-state index >= 15 is 0 Å². The van der Waals surface area contributed by atoms with E-state index in [1.165, 1.54) is 36.8 Å². The third-order valence-corrected chi connectivity index (χ3v) is 3.11. The first-order valence-corrected chi connectivity index (χ1v) is 6.83. The lowest BCUT2D eigenvalue weighted by Gasteiger charge is -2.15. The van der Waals surface area contributed by atoms with Crippen LogP contribution in [-0.2, 0) is 12.8 Å². The van der Waals surface area contributed by atoms with Crippen molar-refractivity contribution in [2.75, 3.05) is 7.11 Å². The van der Waals surface area contributed by atoms with E-state index in [0.29, 0.717) is 5.92 Å². The topological polar surface area (TPSA) is 9.23 Å². The molecule has 0 aromatic heterocycles. The van der Waals surface area contributed by atoms with Crippen LogP contribution in [0.3, 0.4) is 0 Å². The molecule has 1 heteroatoms. The van der Waals surface area contributed by atoms with Gasteiger partial charge in [-0.3, -0.25) is 0 Å². The van der Waals surface area contributed by atoms with E-state index in [9.17, 15) is 0 Å². The fourth-order valence-corrected chi connectivity index (χ4v) is 2.24. The summed E-state index contributed by atoms with van der Waals surface area (Å²) in [5, 5.41) is 0. The lowest BCUT2D eigenvalue weighted by Crippen LogP contribution is -2.03. The molecule has 0 saturated heterocycles. The maximum Gasteiger partial charge on any atom is 0.122 e. The Balaban J connectivity index is 2.85. The SMILES string of the molecule is CCCCCc1cccc(OC)c1CC(C)C. The van der Waals surface area contributed by atoms with Gasteiger partial charge in [0.25, 0.3) is 0 Å². The highest BCUT2D eigenvalue weighted by Gasteiger charge is 2.10. The third-order valence-electron chi connectivity index (χ3n) is 3.11. The van der Waals surface area contributed by atoms with E-state index in [2.05, 4.69) is 39.0 Å². The molecule has 1 rings (SSSR count). The minimum atomic E-state index is 0.677. The van der Waals surface area contributed by atoms with Gasteiger partial charge in [-0.05, 0) is 42.4 Å². The van der Waals surface area contributed by atoms with Crippen molar-refractivity contribution in [3.63, 3.8) is 0 Å². The van der Waals surface area contributed by atoms with E-state index in [1.807, 2.05) is 0 Å². The zero-order chi connectivity index (χ0) is 12.7. The number of methoxy groups -OCH3 is 1. The van der Waals surface area contributed by atoms with Crippen LogP contribution in [0.15, 0.2) is 18.2 Å². The van der Waals surface area contributed by atoms with E-state index in [-0.39, 0.29) is 0 Å². The molecule has 17 heavy (non-hydrogen) atoms. The Hall–Kier alpha value is -0.980. The molecule has 0 aliphatic carbocycles. The highest BCUT2D eigenvalue weighted by Crippen LogP contribution is 2.26. The number of rotatable bonds is 7. The maximum absolute atomic E-state index is 5.49. The lowest BCUT2D eigenvalue weighted by molar-refractivity contribution is 0.405. The first kappa shape index (κ1) is 14.1. The summed E-state index contributed by atoms with van der Waals surface area (Å²) in [6, 6.07) is 6.46. The van der Waals surface area contributed by atoms with Crippen molar-refractivity contribution in [3.05, 3.63) is 29.3 Å². The zero-order valence-corrected chi connectivity index (χ0v) is 11.8. The Morgan fingerprint density at radius 3 is 2.53 bits per heavy atom. The molecule has 0 saturated carbocycles. The Bertz CT molecular complexity index is 328. The smallest absolute Gasteiger partial charge is 0.122 e. The van der Waals surface area contributed by atoms with Gasteiger partial charge in [-0.15, -0.1) is 0 Å². The van der Waals surface area contributed by atoms with Crippen molar-refractivity contribution in [3.8, 4) is 5.75 Å². The van der Waals surface area contributed by atoms with Crippen LogP contribution in [0.1, 0.15) is 51.2 Å². The summed E-state index contributed by atoms with van der Waals surface area (Å²) in [5.74, 6) is 1.74. The zero-order valence-electron chi connectivity index (χ0n) is 11.8. The third kappa shape index (κ3) is 4.41. The Labute approximate surface area is 106 Å². The molecule has 0 amide bonds. The van der Waals surface area contributed by atoms with Gasteiger partial charge in [0.15, 0.2) is 0 Å². The summed E-state index contributed by atoms with van der Waals surface area (Å²) >= 11 is 0.